The Hall–Kier alpha value is -1.26. The van der Waals surface area contributed by atoms with Crippen LogP contribution in [0.5, 0.6) is 5.75 Å². The Morgan fingerprint density at radius 1 is 1.30 bits per heavy atom. The first-order chi connectivity index (χ1) is 9.24. The third-order valence-corrected chi connectivity index (χ3v) is 3.73. The number of amides is 1. The molecule has 1 N–H and O–H groups in total. The molecule has 4 nitrogen and oxygen atoms in total. The Labute approximate surface area is 126 Å². The van der Waals surface area contributed by atoms with Crippen LogP contribution in [-0.4, -0.2) is 44.6 Å². The van der Waals surface area contributed by atoms with Crippen LogP contribution >= 0.6 is 12.4 Å². The van der Waals surface area contributed by atoms with Gasteiger partial charge in [0.1, 0.15) is 5.75 Å². The van der Waals surface area contributed by atoms with Gasteiger partial charge >= 0.3 is 0 Å². The van der Waals surface area contributed by atoms with Crippen LogP contribution in [0.25, 0.3) is 0 Å². The Bertz CT molecular complexity index is 414. The second-order valence-electron chi connectivity index (χ2n) is 5.02. The Kier molecular flexibility index (Phi) is 6.82. The molecule has 1 saturated heterocycles. The quantitative estimate of drug-likeness (QED) is 0.926. The molecule has 1 amide bonds. The highest BCUT2D eigenvalue weighted by molar-refractivity contribution is 5.94. The van der Waals surface area contributed by atoms with Gasteiger partial charge in [0.05, 0.1) is 7.11 Å². The number of nitrogens with zero attached hydrogens (tertiary/aromatic N) is 1. The average Bonchev–Trinajstić information content (AvgIpc) is 2.48. The molecule has 0 saturated carbocycles. The molecule has 0 spiro atoms. The van der Waals surface area contributed by atoms with Crippen LogP contribution in [0.15, 0.2) is 24.3 Å². The fourth-order valence-electron chi connectivity index (χ4n) is 2.55. The minimum absolute atomic E-state index is 0. The number of carbonyl (C=O) groups excluding carboxylic acids is 1. The van der Waals surface area contributed by atoms with E-state index in [9.17, 15) is 4.79 Å². The van der Waals surface area contributed by atoms with Gasteiger partial charge in [0.25, 0.3) is 5.91 Å². The van der Waals surface area contributed by atoms with Crippen LogP contribution in [0, 0.1) is 5.92 Å². The highest BCUT2D eigenvalue weighted by atomic mass is 35.5. The number of likely N-dealkylation sites (tertiary alicyclic amines) is 1. The molecule has 1 aromatic rings. The van der Waals surface area contributed by atoms with Crippen LogP contribution < -0.4 is 10.1 Å². The van der Waals surface area contributed by atoms with Crippen molar-refractivity contribution in [3.05, 3.63) is 29.8 Å². The summed E-state index contributed by atoms with van der Waals surface area (Å²) in [6.45, 7) is 2.76. The zero-order valence-corrected chi connectivity index (χ0v) is 12.9. The molecule has 1 aliphatic rings. The van der Waals surface area contributed by atoms with Crippen molar-refractivity contribution in [3.63, 3.8) is 0 Å². The summed E-state index contributed by atoms with van der Waals surface area (Å²) in [6.07, 6.45) is 2.17. The first kappa shape index (κ1) is 16.8. The third kappa shape index (κ3) is 4.12. The van der Waals surface area contributed by atoms with E-state index in [1.54, 1.807) is 7.11 Å². The van der Waals surface area contributed by atoms with Gasteiger partial charge in [-0.25, -0.2) is 0 Å². The summed E-state index contributed by atoms with van der Waals surface area (Å²) in [5.41, 5.74) is 0.743. The van der Waals surface area contributed by atoms with E-state index in [0.29, 0.717) is 5.92 Å². The van der Waals surface area contributed by atoms with Crippen molar-refractivity contribution in [2.75, 3.05) is 33.8 Å². The maximum Gasteiger partial charge on any atom is 0.253 e. The van der Waals surface area contributed by atoms with Gasteiger partial charge < -0.3 is 15.0 Å². The molecular formula is C15H23ClN2O2. The van der Waals surface area contributed by atoms with E-state index in [4.69, 9.17) is 4.74 Å². The molecule has 2 rings (SSSR count). The smallest absolute Gasteiger partial charge is 0.253 e. The lowest BCUT2D eigenvalue weighted by atomic mass is 9.96. The van der Waals surface area contributed by atoms with Crippen molar-refractivity contribution in [1.82, 2.24) is 10.2 Å². The minimum atomic E-state index is 0. The largest absolute Gasteiger partial charge is 0.497 e. The third-order valence-electron chi connectivity index (χ3n) is 3.73. The van der Waals surface area contributed by atoms with E-state index in [1.165, 1.54) is 0 Å². The molecule has 1 fully saturated rings. The summed E-state index contributed by atoms with van der Waals surface area (Å²) in [7, 11) is 3.61. The number of halogens is 1. The summed E-state index contributed by atoms with van der Waals surface area (Å²) in [4.78, 5) is 14.3. The number of carbonyl (C=O) groups is 1. The minimum Gasteiger partial charge on any atom is -0.497 e. The molecule has 0 atom stereocenters. The summed E-state index contributed by atoms with van der Waals surface area (Å²) in [5, 5.41) is 3.21. The van der Waals surface area contributed by atoms with Crippen molar-refractivity contribution in [1.29, 1.82) is 0 Å². The Morgan fingerprint density at radius 2 is 1.90 bits per heavy atom. The monoisotopic (exact) mass is 298 g/mol. The number of methoxy groups -OCH3 is 1. The summed E-state index contributed by atoms with van der Waals surface area (Å²) in [6, 6.07) is 7.34. The molecule has 5 heteroatoms. The number of ether oxygens (including phenoxy) is 1. The summed E-state index contributed by atoms with van der Waals surface area (Å²) < 4.78 is 5.10. The lowest BCUT2D eigenvalue weighted by Gasteiger charge is -2.32. The number of rotatable bonds is 4. The van der Waals surface area contributed by atoms with E-state index < -0.39 is 0 Å². The van der Waals surface area contributed by atoms with Gasteiger partial charge in [-0.05, 0) is 56.6 Å². The fourth-order valence-corrected chi connectivity index (χ4v) is 2.55. The molecule has 0 unspecified atom stereocenters. The number of piperidine rings is 1. The normalized spacial score (nSPS) is 15.6. The van der Waals surface area contributed by atoms with Gasteiger partial charge in [-0.2, -0.15) is 0 Å². The molecule has 20 heavy (non-hydrogen) atoms. The van der Waals surface area contributed by atoms with E-state index in [-0.39, 0.29) is 18.3 Å². The molecule has 0 aromatic heterocycles. The molecule has 0 aliphatic carbocycles. The van der Waals surface area contributed by atoms with Crippen molar-refractivity contribution in [3.8, 4) is 5.75 Å². The first-order valence-electron chi connectivity index (χ1n) is 6.82. The SMILES string of the molecule is CNCC1CCN(C(=O)c2ccc(OC)cc2)CC1.Cl. The molecular weight excluding hydrogens is 276 g/mol. The molecule has 1 aliphatic heterocycles. The first-order valence-corrected chi connectivity index (χ1v) is 6.82. The number of nitrogens with one attached hydrogen (secondary N) is 1. The highest BCUT2D eigenvalue weighted by Gasteiger charge is 2.23. The molecule has 1 heterocycles. The maximum atomic E-state index is 12.3. The second-order valence-corrected chi connectivity index (χ2v) is 5.02. The number of hydrogen-bond donors (Lipinski definition) is 1. The summed E-state index contributed by atoms with van der Waals surface area (Å²) >= 11 is 0. The van der Waals surface area contributed by atoms with Crippen LogP contribution in [0.1, 0.15) is 23.2 Å². The number of benzene rings is 1. The molecule has 0 radical (unpaired) electrons. The van der Waals surface area contributed by atoms with Crippen molar-refractivity contribution < 1.29 is 9.53 Å². The second kappa shape index (κ2) is 8.12. The lowest BCUT2D eigenvalue weighted by molar-refractivity contribution is 0.0691. The van der Waals surface area contributed by atoms with E-state index in [2.05, 4.69) is 5.32 Å². The van der Waals surface area contributed by atoms with Gasteiger partial charge in [0.2, 0.25) is 0 Å². The molecule has 1 aromatic carbocycles. The van der Waals surface area contributed by atoms with Crippen molar-refractivity contribution in [2.45, 2.75) is 12.8 Å². The predicted molar refractivity (Wildman–Crippen MR) is 82.8 cm³/mol. The van der Waals surface area contributed by atoms with Crippen LogP contribution in [0.3, 0.4) is 0 Å². The molecule has 0 bridgehead atoms. The van der Waals surface area contributed by atoms with Crippen LogP contribution in [-0.2, 0) is 0 Å². The lowest BCUT2D eigenvalue weighted by Crippen LogP contribution is -2.40. The van der Waals surface area contributed by atoms with Crippen LogP contribution in [0.4, 0.5) is 0 Å². The Morgan fingerprint density at radius 3 is 2.40 bits per heavy atom. The zero-order chi connectivity index (χ0) is 13.7. The van der Waals surface area contributed by atoms with Crippen molar-refractivity contribution in [2.24, 2.45) is 5.92 Å². The summed E-state index contributed by atoms with van der Waals surface area (Å²) in [5.74, 6) is 1.61. The van der Waals surface area contributed by atoms with Gasteiger partial charge in [-0.3, -0.25) is 4.79 Å². The fraction of sp³-hybridized carbons (Fsp3) is 0.533. The average molecular weight is 299 g/mol. The predicted octanol–water partition coefficient (Wildman–Crippen LogP) is 2.19. The number of hydrogen-bond acceptors (Lipinski definition) is 3. The van der Waals surface area contributed by atoms with E-state index >= 15 is 0 Å². The highest BCUT2D eigenvalue weighted by Crippen LogP contribution is 2.19. The van der Waals surface area contributed by atoms with Crippen molar-refractivity contribution >= 4 is 18.3 Å². The topological polar surface area (TPSA) is 41.6 Å². The zero-order valence-electron chi connectivity index (χ0n) is 12.1. The van der Waals surface area contributed by atoms with Gasteiger partial charge in [0.15, 0.2) is 0 Å². The van der Waals surface area contributed by atoms with Gasteiger partial charge in [-0.1, -0.05) is 0 Å². The Balaban J connectivity index is 0.00000200. The maximum absolute atomic E-state index is 12.3. The van der Waals surface area contributed by atoms with E-state index in [0.717, 1.165) is 43.8 Å². The molecule has 112 valence electrons. The van der Waals surface area contributed by atoms with Crippen LogP contribution in [0.2, 0.25) is 0 Å². The standard InChI is InChI=1S/C15H22N2O2.ClH/c1-16-11-12-7-9-17(10-8-12)15(18)13-3-5-14(19-2)6-4-13;/h3-6,12,16H,7-11H2,1-2H3;1H. The van der Waals surface area contributed by atoms with Gasteiger partial charge in [0, 0.05) is 18.7 Å². The van der Waals surface area contributed by atoms with E-state index in [1.807, 2.05) is 36.2 Å². The van der Waals surface area contributed by atoms with Gasteiger partial charge in [-0.15, -0.1) is 12.4 Å².